The standard InChI is InChI=1S/C23H28N6O3/c1-16(2)21-26-27-22(32-21)19-5-4-10-24-20(19)28-11-13-29(14-12-28)23(30)25-15-17-6-8-18(31-3)9-7-17/h4-10,16H,11-15H2,1-3H3,(H,25,30). The zero-order valence-electron chi connectivity index (χ0n) is 18.6. The van der Waals surface area contributed by atoms with E-state index in [0.717, 1.165) is 22.7 Å². The molecule has 3 aromatic rings. The second kappa shape index (κ2) is 9.67. The zero-order chi connectivity index (χ0) is 22.5. The minimum Gasteiger partial charge on any atom is -0.497 e. The van der Waals surface area contributed by atoms with E-state index in [1.54, 1.807) is 13.3 Å². The molecule has 4 rings (SSSR count). The van der Waals surface area contributed by atoms with Crippen molar-refractivity contribution in [3.05, 3.63) is 54.0 Å². The molecule has 0 spiro atoms. The summed E-state index contributed by atoms with van der Waals surface area (Å²) in [6.45, 7) is 7.05. The number of nitrogens with zero attached hydrogens (tertiary/aromatic N) is 5. The Balaban J connectivity index is 1.35. The Kier molecular flexibility index (Phi) is 6.53. The van der Waals surface area contributed by atoms with Gasteiger partial charge < -0.3 is 24.3 Å². The maximum atomic E-state index is 12.6. The molecule has 1 saturated heterocycles. The largest absolute Gasteiger partial charge is 0.497 e. The van der Waals surface area contributed by atoms with Crippen LogP contribution >= 0.6 is 0 Å². The van der Waals surface area contributed by atoms with Gasteiger partial charge in [0.15, 0.2) is 0 Å². The van der Waals surface area contributed by atoms with Crippen LogP contribution in [0.15, 0.2) is 47.0 Å². The molecule has 0 radical (unpaired) electrons. The number of hydrogen-bond donors (Lipinski definition) is 1. The molecule has 9 nitrogen and oxygen atoms in total. The zero-order valence-corrected chi connectivity index (χ0v) is 18.6. The number of rotatable bonds is 6. The fraction of sp³-hybridized carbons (Fsp3) is 0.391. The van der Waals surface area contributed by atoms with E-state index in [1.807, 2.05) is 55.1 Å². The fourth-order valence-corrected chi connectivity index (χ4v) is 3.55. The second-order valence-electron chi connectivity index (χ2n) is 7.96. The number of aromatic nitrogens is 3. The Hall–Kier alpha value is -3.62. The molecular formula is C23H28N6O3. The van der Waals surface area contributed by atoms with E-state index in [9.17, 15) is 4.79 Å². The Labute approximate surface area is 187 Å². The van der Waals surface area contributed by atoms with Crippen LogP contribution in [0.3, 0.4) is 0 Å². The normalized spacial score (nSPS) is 14.0. The number of hydrogen-bond acceptors (Lipinski definition) is 7. The van der Waals surface area contributed by atoms with Crippen molar-refractivity contribution in [3.63, 3.8) is 0 Å². The van der Waals surface area contributed by atoms with Gasteiger partial charge in [-0.05, 0) is 29.8 Å². The Morgan fingerprint density at radius 2 is 1.88 bits per heavy atom. The number of carbonyl (C=O) groups excluding carboxylic acids is 1. The summed E-state index contributed by atoms with van der Waals surface area (Å²) in [6.07, 6.45) is 1.76. The summed E-state index contributed by atoms with van der Waals surface area (Å²) in [5.74, 6) is 2.83. The van der Waals surface area contributed by atoms with Crippen LogP contribution in [0.5, 0.6) is 5.75 Å². The molecule has 9 heteroatoms. The highest BCUT2D eigenvalue weighted by Gasteiger charge is 2.25. The van der Waals surface area contributed by atoms with E-state index in [0.29, 0.717) is 44.5 Å². The summed E-state index contributed by atoms with van der Waals surface area (Å²) in [6, 6.07) is 11.4. The van der Waals surface area contributed by atoms with Gasteiger partial charge in [-0.1, -0.05) is 26.0 Å². The molecule has 2 aromatic heterocycles. The van der Waals surface area contributed by atoms with Gasteiger partial charge in [-0.25, -0.2) is 9.78 Å². The molecular weight excluding hydrogens is 408 g/mol. The fourth-order valence-electron chi connectivity index (χ4n) is 3.55. The monoisotopic (exact) mass is 436 g/mol. The Bertz CT molecular complexity index is 1040. The van der Waals surface area contributed by atoms with Gasteiger partial charge in [0, 0.05) is 44.8 Å². The molecule has 168 valence electrons. The molecule has 1 aliphatic heterocycles. The van der Waals surface area contributed by atoms with Gasteiger partial charge in [-0.15, -0.1) is 10.2 Å². The summed E-state index contributed by atoms with van der Waals surface area (Å²) in [5.41, 5.74) is 1.83. The second-order valence-corrected chi connectivity index (χ2v) is 7.96. The highest BCUT2D eigenvalue weighted by Crippen LogP contribution is 2.29. The van der Waals surface area contributed by atoms with Crippen molar-refractivity contribution in [3.8, 4) is 17.2 Å². The number of piperazine rings is 1. The highest BCUT2D eigenvalue weighted by molar-refractivity contribution is 5.75. The molecule has 2 amide bonds. The molecule has 1 aromatic carbocycles. The third kappa shape index (κ3) is 4.82. The van der Waals surface area contributed by atoms with Crippen molar-refractivity contribution in [2.45, 2.75) is 26.3 Å². The molecule has 1 N–H and O–H groups in total. The Morgan fingerprint density at radius 1 is 1.12 bits per heavy atom. The lowest BCUT2D eigenvalue weighted by atomic mass is 10.2. The third-order valence-electron chi connectivity index (χ3n) is 5.42. The van der Waals surface area contributed by atoms with Crippen molar-refractivity contribution in [1.29, 1.82) is 0 Å². The molecule has 32 heavy (non-hydrogen) atoms. The van der Waals surface area contributed by atoms with E-state index in [-0.39, 0.29) is 11.9 Å². The molecule has 0 unspecified atom stereocenters. The van der Waals surface area contributed by atoms with Crippen LogP contribution in [0.1, 0.15) is 31.2 Å². The number of amides is 2. The lowest BCUT2D eigenvalue weighted by Gasteiger charge is -2.35. The quantitative estimate of drug-likeness (QED) is 0.633. The van der Waals surface area contributed by atoms with Crippen molar-refractivity contribution >= 4 is 11.8 Å². The van der Waals surface area contributed by atoms with E-state index in [1.165, 1.54) is 0 Å². The third-order valence-corrected chi connectivity index (χ3v) is 5.42. The minimum absolute atomic E-state index is 0.0693. The van der Waals surface area contributed by atoms with Crippen LogP contribution in [0, 0.1) is 0 Å². The summed E-state index contributed by atoms with van der Waals surface area (Å²) >= 11 is 0. The van der Waals surface area contributed by atoms with Gasteiger partial charge in [0.25, 0.3) is 5.89 Å². The van der Waals surface area contributed by atoms with Crippen LogP contribution in [0.4, 0.5) is 10.6 Å². The van der Waals surface area contributed by atoms with Crippen molar-refractivity contribution in [2.75, 3.05) is 38.2 Å². The van der Waals surface area contributed by atoms with Gasteiger partial charge in [0.1, 0.15) is 11.6 Å². The van der Waals surface area contributed by atoms with Crippen molar-refractivity contribution < 1.29 is 13.9 Å². The number of nitrogens with one attached hydrogen (secondary N) is 1. The van der Waals surface area contributed by atoms with Crippen LogP contribution in [0.25, 0.3) is 11.5 Å². The van der Waals surface area contributed by atoms with Crippen LogP contribution < -0.4 is 15.0 Å². The molecule has 0 aliphatic carbocycles. The van der Waals surface area contributed by atoms with Crippen LogP contribution in [-0.4, -0.2) is 59.4 Å². The first-order chi connectivity index (χ1) is 15.5. The lowest BCUT2D eigenvalue weighted by molar-refractivity contribution is 0.194. The first-order valence-electron chi connectivity index (χ1n) is 10.7. The first kappa shape index (κ1) is 21.6. The van der Waals surface area contributed by atoms with Gasteiger partial charge in [0.05, 0.1) is 12.7 Å². The van der Waals surface area contributed by atoms with E-state index >= 15 is 0 Å². The maximum absolute atomic E-state index is 12.6. The number of benzene rings is 1. The highest BCUT2D eigenvalue weighted by atomic mass is 16.5. The summed E-state index contributed by atoms with van der Waals surface area (Å²) in [7, 11) is 1.63. The molecule has 0 saturated carbocycles. The van der Waals surface area contributed by atoms with Crippen LogP contribution in [0.2, 0.25) is 0 Å². The van der Waals surface area contributed by atoms with E-state index < -0.39 is 0 Å². The van der Waals surface area contributed by atoms with Gasteiger partial charge in [-0.2, -0.15) is 0 Å². The molecule has 1 fully saturated rings. The molecule has 1 aliphatic rings. The number of anilines is 1. The summed E-state index contributed by atoms with van der Waals surface area (Å²) < 4.78 is 11.0. The van der Waals surface area contributed by atoms with Gasteiger partial charge >= 0.3 is 6.03 Å². The molecule has 3 heterocycles. The van der Waals surface area contributed by atoms with E-state index in [4.69, 9.17) is 9.15 Å². The molecule has 0 atom stereocenters. The smallest absolute Gasteiger partial charge is 0.317 e. The van der Waals surface area contributed by atoms with Crippen molar-refractivity contribution in [1.82, 2.24) is 25.4 Å². The topological polar surface area (TPSA) is 96.6 Å². The minimum atomic E-state index is -0.0693. The number of methoxy groups -OCH3 is 1. The maximum Gasteiger partial charge on any atom is 0.317 e. The van der Waals surface area contributed by atoms with E-state index in [2.05, 4.69) is 25.4 Å². The average Bonchev–Trinajstić information content (AvgIpc) is 3.34. The van der Waals surface area contributed by atoms with Gasteiger partial charge in [0.2, 0.25) is 5.89 Å². The summed E-state index contributed by atoms with van der Waals surface area (Å²) in [4.78, 5) is 21.2. The molecule has 0 bridgehead atoms. The lowest BCUT2D eigenvalue weighted by Crippen LogP contribution is -2.52. The summed E-state index contributed by atoms with van der Waals surface area (Å²) in [5, 5.41) is 11.3. The number of ether oxygens (including phenoxy) is 1. The average molecular weight is 437 g/mol. The first-order valence-corrected chi connectivity index (χ1v) is 10.7. The number of urea groups is 1. The van der Waals surface area contributed by atoms with Gasteiger partial charge in [-0.3, -0.25) is 0 Å². The predicted octanol–water partition coefficient (Wildman–Crippen LogP) is 3.30. The number of carbonyl (C=O) groups is 1. The predicted molar refractivity (Wildman–Crippen MR) is 121 cm³/mol. The SMILES string of the molecule is COc1ccc(CNC(=O)N2CCN(c3ncccc3-c3nnc(C(C)C)o3)CC2)cc1. The number of pyridine rings is 1. The van der Waals surface area contributed by atoms with Crippen molar-refractivity contribution in [2.24, 2.45) is 0 Å². The van der Waals surface area contributed by atoms with Crippen LogP contribution in [-0.2, 0) is 6.54 Å². The Morgan fingerprint density at radius 3 is 2.53 bits per heavy atom.